The highest BCUT2D eigenvalue weighted by atomic mass is 16.2. The maximum Gasteiger partial charge on any atom is 0.330 e. The second-order valence-corrected chi connectivity index (χ2v) is 6.19. The number of anilines is 2. The molecule has 1 aromatic rings. The number of nitrogen functional groups attached to an aromatic ring is 1. The number of nitrogens with zero attached hydrogens (tertiary/aromatic N) is 1. The molecule has 0 aliphatic heterocycles. The van der Waals surface area contributed by atoms with Crippen LogP contribution in [0.2, 0.25) is 0 Å². The Kier molecular flexibility index (Phi) is 4.75. The van der Waals surface area contributed by atoms with Gasteiger partial charge >= 0.3 is 5.69 Å². The minimum Gasteiger partial charge on any atom is -0.383 e. The van der Waals surface area contributed by atoms with Gasteiger partial charge in [0.05, 0.1) is 0 Å². The Labute approximate surface area is 124 Å². The Hall–Kier alpha value is -1.72. The van der Waals surface area contributed by atoms with Crippen LogP contribution in [-0.4, -0.2) is 15.6 Å². The maximum absolute atomic E-state index is 12.1. The number of aromatic amines is 1. The first kappa shape index (κ1) is 15.7. The quantitative estimate of drug-likeness (QED) is 0.771. The van der Waals surface area contributed by atoms with Gasteiger partial charge in [-0.25, -0.2) is 4.79 Å². The minimum absolute atomic E-state index is 0.237. The van der Waals surface area contributed by atoms with E-state index in [1.54, 1.807) is 0 Å². The van der Waals surface area contributed by atoms with E-state index in [2.05, 4.69) is 24.1 Å². The fourth-order valence-corrected chi connectivity index (χ4v) is 3.02. The third kappa shape index (κ3) is 3.14. The summed E-state index contributed by atoms with van der Waals surface area (Å²) >= 11 is 0. The van der Waals surface area contributed by atoms with Crippen molar-refractivity contribution in [3.05, 3.63) is 20.8 Å². The van der Waals surface area contributed by atoms with Crippen LogP contribution in [0.15, 0.2) is 9.59 Å². The Morgan fingerprint density at radius 1 is 1.33 bits per heavy atom. The summed E-state index contributed by atoms with van der Waals surface area (Å²) in [6.45, 7) is 6.99. The number of hydrogen-bond acceptors (Lipinski definition) is 4. The second kappa shape index (κ2) is 6.37. The predicted octanol–water partition coefficient (Wildman–Crippen LogP) is 1.77. The Balaban J connectivity index is 2.31. The molecule has 3 atom stereocenters. The zero-order valence-electron chi connectivity index (χ0n) is 13.1. The van der Waals surface area contributed by atoms with E-state index in [1.165, 1.54) is 4.57 Å². The second-order valence-electron chi connectivity index (χ2n) is 6.19. The van der Waals surface area contributed by atoms with Crippen molar-refractivity contribution in [2.24, 2.45) is 11.8 Å². The van der Waals surface area contributed by atoms with E-state index in [0.29, 0.717) is 24.1 Å². The van der Waals surface area contributed by atoms with E-state index in [9.17, 15) is 9.59 Å². The van der Waals surface area contributed by atoms with Crippen LogP contribution in [-0.2, 0) is 6.54 Å². The van der Waals surface area contributed by atoms with Crippen molar-refractivity contribution in [2.75, 3.05) is 11.1 Å². The molecule has 6 heteroatoms. The number of nitrogens with two attached hydrogens (primary N) is 1. The maximum atomic E-state index is 12.1. The van der Waals surface area contributed by atoms with Crippen molar-refractivity contribution in [1.82, 2.24) is 9.55 Å². The predicted molar refractivity (Wildman–Crippen MR) is 85.6 cm³/mol. The van der Waals surface area contributed by atoms with E-state index >= 15 is 0 Å². The topological polar surface area (TPSA) is 92.9 Å². The molecule has 118 valence electrons. The molecular formula is C15H26N4O2. The summed E-state index contributed by atoms with van der Waals surface area (Å²) in [6, 6.07) is 0.237. The summed E-state index contributed by atoms with van der Waals surface area (Å²) in [7, 11) is 0. The lowest BCUT2D eigenvalue weighted by atomic mass is 9.98. The third-order valence-corrected chi connectivity index (χ3v) is 4.77. The monoisotopic (exact) mass is 294 g/mol. The SMILES string of the molecule is CCCCn1c(N)c(NC2CCC(C)C2C)c(=O)[nH]c1=O. The Morgan fingerprint density at radius 2 is 2.05 bits per heavy atom. The van der Waals surface area contributed by atoms with Crippen LogP contribution in [0.3, 0.4) is 0 Å². The molecule has 21 heavy (non-hydrogen) atoms. The average Bonchev–Trinajstić information content (AvgIpc) is 2.75. The summed E-state index contributed by atoms with van der Waals surface area (Å²) in [6.07, 6.45) is 3.98. The van der Waals surface area contributed by atoms with Gasteiger partial charge in [0.2, 0.25) is 0 Å². The first-order valence-corrected chi connectivity index (χ1v) is 7.84. The highest BCUT2D eigenvalue weighted by molar-refractivity contribution is 5.61. The lowest BCUT2D eigenvalue weighted by Gasteiger charge is -2.22. The molecule has 3 unspecified atom stereocenters. The standard InChI is InChI=1S/C15H26N4O2/c1-4-5-8-19-13(16)12(14(20)18-15(19)21)17-11-7-6-9(2)10(11)3/h9-11,17H,4-8,16H2,1-3H3,(H,18,20,21). The van der Waals surface area contributed by atoms with Crippen LogP contribution in [0.4, 0.5) is 11.5 Å². The van der Waals surface area contributed by atoms with Crippen molar-refractivity contribution in [2.45, 2.75) is 59.0 Å². The third-order valence-electron chi connectivity index (χ3n) is 4.77. The molecule has 1 saturated carbocycles. The zero-order chi connectivity index (χ0) is 15.6. The van der Waals surface area contributed by atoms with Crippen LogP contribution >= 0.6 is 0 Å². The number of H-pyrrole nitrogens is 1. The molecule has 1 heterocycles. The first-order valence-electron chi connectivity index (χ1n) is 7.84. The highest BCUT2D eigenvalue weighted by Gasteiger charge is 2.30. The van der Waals surface area contributed by atoms with Crippen LogP contribution < -0.4 is 22.3 Å². The first-order chi connectivity index (χ1) is 9.95. The average molecular weight is 294 g/mol. The normalized spacial score (nSPS) is 25.2. The molecule has 1 aliphatic carbocycles. The molecule has 0 amide bonds. The molecule has 0 spiro atoms. The molecule has 0 radical (unpaired) electrons. The molecule has 0 aromatic carbocycles. The number of rotatable bonds is 5. The van der Waals surface area contributed by atoms with Crippen LogP contribution in [0, 0.1) is 11.8 Å². The lowest BCUT2D eigenvalue weighted by Crippen LogP contribution is -2.36. The number of hydrogen-bond donors (Lipinski definition) is 3. The summed E-state index contributed by atoms with van der Waals surface area (Å²) < 4.78 is 1.45. The van der Waals surface area contributed by atoms with Crippen LogP contribution in [0.1, 0.15) is 46.5 Å². The van der Waals surface area contributed by atoms with Crippen molar-refractivity contribution in [3.63, 3.8) is 0 Å². The summed E-state index contributed by atoms with van der Waals surface area (Å²) in [4.78, 5) is 26.3. The fraction of sp³-hybridized carbons (Fsp3) is 0.733. The van der Waals surface area contributed by atoms with Crippen molar-refractivity contribution < 1.29 is 0 Å². The molecule has 6 nitrogen and oxygen atoms in total. The van der Waals surface area contributed by atoms with E-state index in [0.717, 1.165) is 25.7 Å². The van der Waals surface area contributed by atoms with Gasteiger partial charge < -0.3 is 11.1 Å². The van der Waals surface area contributed by atoms with Gasteiger partial charge in [0.1, 0.15) is 11.5 Å². The molecule has 1 fully saturated rings. The van der Waals surface area contributed by atoms with Crippen molar-refractivity contribution >= 4 is 11.5 Å². The van der Waals surface area contributed by atoms with E-state index in [4.69, 9.17) is 5.73 Å². The molecule has 1 aliphatic rings. The molecular weight excluding hydrogens is 268 g/mol. The summed E-state index contributed by atoms with van der Waals surface area (Å²) in [5.74, 6) is 1.37. The smallest absolute Gasteiger partial charge is 0.330 e. The fourth-order valence-electron chi connectivity index (χ4n) is 3.02. The van der Waals surface area contributed by atoms with Gasteiger partial charge in [-0.05, 0) is 31.1 Å². The molecule has 4 N–H and O–H groups in total. The van der Waals surface area contributed by atoms with E-state index < -0.39 is 11.2 Å². The van der Waals surface area contributed by atoms with Crippen LogP contribution in [0.5, 0.6) is 0 Å². The van der Waals surface area contributed by atoms with Crippen molar-refractivity contribution in [3.8, 4) is 0 Å². The van der Waals surface area contributed by atoms with E-state index in [-0.39, 0.29) is 11.9 Å². The molecule has 2 rings (SSSR count). The molecule has 1 aromatic heterocycles. The summed E-state index contributed by atoms with van der Waals surface area (Å²) in [5, 5.41) is 3.27. The largest absolute Gasteiger partial charge is 0.383 e. The number of aromatic nitrogens is 2. The van der Waals surface area contributed by atoms with Gasteiger partial charge in [0, 0.05) is 12.6 Å². The van der Waals surface area contributed by atoms with Gasteiger partial charge in [-0.1, -0.05) is 27.2 Å². The van der Waals surface area contributed by atoms with Gasteiger partial charge in [-0.2, -0.15) is 0 Å². The van der Waals surface area contributed by atoms with Gasteiger partial charge in [0.25, 0.3) is 5.56 Å². The Morgan fingerprint density at radius 3 is 2.62 bits per heavy atom. The number of nitrogens with one attached hydrogen (secondary N) is 2. The van der Waals surface area contributed by atoms with E-state index in [1.807, 2.05) is 6.92 Å². The van der Waals surface area contributed by atoms with Crippen molar-refractivity contribution in [1.29, 1.82) is 0 Å². The zero-order valence-corrected chi connectivity index (χ0v) is 13.1. The summed E-state index contributed by atoms with van der Waals surface area (Å²) in [5.41, 5.74) is 5.56. The van der Waals surface area contributed by atoms with Gasteiger partial charge in [-0.15, -0.1) is 0 Å². The van der Waals surface area contributed by atoms with Gasteiger partial charge in [-0.3, -0.25) is 14.3 Å². The lowest BCUT2D eigenvalue weighted by molar-refractivity contribution is 0.435. The van der Waals surface area contributed by atoms with Crippen LogP contribution in [0.25, 0.3) is 0 Å². The highest BCUT2D eigenvalue weighted by Crippen LogP contribution is 2.33. The molecule has 0 saturated heterocycles. The number of unbranched alkanes of at least 4 members (excludes halogenated alkanes) is 1. The minimum atomic E-state index is -0.427. The molecule has 0 bridgehead atoms. The Bertz CT molecular complexity index is 605. The van der Waals surface area contributed by atoms with Gasteiger partial charge in [0.15, 0.2) is 0 Å².